The number of rotatable bonds is 5. The number of nitrogens with zero attached hydrogens (tertiary/aromatic N) is 2. The van der Waals surface area contributed by atoms with E-state index >= 15 is 0 Å². The van der Waals surface area contributed by atoms with Crippen molar-refractivity contribution in [3.63, 3.8) is 0 Å². The third-order valence-corrected chi connectivity index (χ3v) is 3.63. The normalized spacial score (nSPS) is 19.1. The fourth-order valence-electron chi connectivity index (χ4n) is 2.18. The molecule has 4 nitrogen and oxygen atoms in total. The highest BCUT2D eigenvalue weighted by atomic mass is 32.1. The molecule has 1 fully saturated rings. The fraction of sp³-hybridized carbons (Fsp3) is 0.833. The van der Waals surface area contributed by atoms with E-state index in [0.29, 0.717) is 4.99 Å². The zero-order valence-corrected chi connectivity index (χ0v) is 11.6. The van der Waals surface area contributed by atoms with E-state index in [1.165, 1.54) is 0 Å². The molecule has 1 saturated heterocycles. The largest absolute Gasteiger partial charge is 0.393 e. The first kappa shape index (κ1) is 14.4. The maximum Gasteiger partial charge on any atom is 0.232 e. The van der Waals surface area contributed by atoms with E-state index in [4.69, 9.17) is 18.0 Å². The zero-order valence-electron chi connectivity index (χ0n) is 10.8. The summed E-state index contributed by atoms with van der Waals surface area (Å²) in [6, 6.07) is 0. The van der Waals surface area contributed by atoms with Crippen LogP contribution in [0, 0.1) is 5.92 Å². The maximum atomic E-state index is 12.3. The molecular weight excluding hydrogens is 234 g/mol. The van der Waals surface area contributed by atoms with Gasteiger partial charge in [-0.2, -0.15) is 0 Å². The molecule has 0 aromatic rings. The van der Waals surface area contributed by atoms with Gasteiger partial charge in [0.05, 0.1) is 10.9 Å². The van der Waals surface area contributed by atoms with Crippen LogP contribution in [-0.4, -0.2) is 53.4 Å². The Labute approximate surface area is 109 Å². The number of carbonyl (C=O) groups is 1. The van der Waals surface area contributed by atoms with Gasteiger partial charge in [0.1, 0.15) is 0 Å². The van der Waals surface area contributed by atoms with Crippen molar-refractivity contribution in [3.8, 4) is 0 Å². The number of carbonyl (C=O) groups excluding carboxylic acids is 1. The van der Waals surface area contributed by atoms with Crippen molar-refractivity contribution in [1.29, 1.82) is 0 Å². The van der Waals surface area contributed by atoms with E-state index in [1.807, 2.05) is 11.8 Å². The molecule has 0 aromatic heterocycles. The average molecular weight is 257 g/mol. The monoisotopic (exact) mass is 257 g/mol. The second-order valence-electron chi connectivity index (χ2n) is 4.50. The Morgan fingerprint density at radius 2 is 1.88 bits per heavy atom. The second-order valence-corrected chi connectivity index (χ2v) is 4.97. The van der Waals surface area contributed by atoms with E-state index < -0.39 is 0 Å². The molecular formula is C12H23N3OS. The van der Waals surface area contributed by atoms with Crippen LogP contribution in [0.5, 0.6) is 0 Å². The van der Waals surface area contributed by atoms with Gasteiger partial charge >= 0.3 is 0 Å². The average Bonchev–Trinajstić information content (AvgIpc) is 2.35. The summed E-state index contributed by atoms with van der Waals surface area (Å²) in [4.78, 5) is 16.9. The summed E-state index contributed by atoms with van der Waals surface area (Å²) in [5, 5.41) is 0. The summed E-state index contributed by atoms with van der Waals surface area (Å²) in [6.07, 6.45) is 1.70. The van der Waals surface area contributed by atoms with Gasteiger partial charge < -0.3 is 15.5 Å². The van der Waals surface area contributed by atoms with Gasteiger partial charge in [0, 0.05) is 26.2 Å². The van der Waals surface area contributed by atoms with E-state index in [-0.39, 0.29) is 11.8 Å². The first-order chi connectivity index (χ1) is 8.10. The first-order valence-electron chi connectivity index (χ1n) is 6.40. The lowest BCUT2D eigenvalue weighted by atomic mass is 10.0. The van der Waals surface area contributed by atoms with Crippen molar-refractivity contribution in [1.82, 2.24) is 9.80 Å². The molecule has 0 aliphatic carbocycles. The zero-order chi connectivity index (χ0) is 12.8. The van der Waals surface area contributed by atoms with Gasteiger partial charge in [-0.1, -0.05) is 32.5 Å². The van der Waals surface area contributed by atoms with Gasteiger partial charge in [0.15, 0.2) is 0 Å². The summed E-state index contributed by atoms with van der Waals surface area (Å²) >= 11 is 4.99. The smallest absolute Gasteiger partial charge is 0.232 e. The van der Waals surface area contributed by atoms with Crippen LogP contribution in [0.4, 0.5) is 0 Å². The molecule has 0 spiro atoms. The highest BCUT2D eigenvalue weighted by molar-refractivity contribution is 7.80. The van der Waals surface area contributed by atoms with Crippen LogP contribution in [0.25, 0.3) is 0 Å². The highest BCUT2D eigenvalue weighted by Gasteiger charge is 2.28. The SMILES string of the molecule is CCCC(C(=O)N1CCN(CC)CC1)C(N)=S. The van der Waals surface area contributed by atoms with Crippen molar-refractivity contribution < 1.29 is 4.79 Å². The Bertz CT molecular complexity index is 275. The number of hydrogen-bond donors (Lipinski definition) is 1. The van der Waals surface area contributed by atoms with Crippen LogP contribution in [-0.2, 0) is 4.79 Å². The lowest BCUT2D eigenvalue weighted by molar-refractivity contribution is -0.135. The molecule has 1 aliphatic heterocycles. The third-order valence-electron chi connectivity index (χ3n) is 3.35. The van der Waals surface area contributed by atoms with Crippen LogP contribution in [0.2, 0.25) is 0 Å². The van der Waals surface area contributed by atoms with E-state index in [2.05, 4.69) is 11.8 Å². The molecule has 0 radical (unpaired) electrons. The van der Waals surface area contributed by atoms with Crippen LogP contribution in [0.1, 0.15) is 26.7 Å². The Hall–Kier alpha value is -0.680. The van der Waals surface area contributed by atoms with Gasteiger partial charge in [0.25, 0.3) is 0 Å². The molecule has 0 saturated carbocycles. The minimum atomic E-state index is -0.261. The number of thiocarbonyl (C=S) groups is 1. The summed E-state index contributed by atoms with van der Waals surface area (Å²) in [7, 11) is 0. The van der Waals surface area contributed by atoms with Gasteiger partial charge in [-0.25, -0.2) is 0 Å². The van der Waals surface area contributed by atoms with E-state index in [9.17, 15) is 4.79 Å². The molecule has 1 unspecified atom stereocenters. The number of amides is 1. The molecule has 1 amide bonds. The third kappa shape index (κ3) is 3.92. The molecule has 1 heterocycles. The van der Waals surface area contributed by atoms with Gasteiger partial charge in [-0.15, -0.1) is 0 Å². The predicted molar refractivity (Wildman–Crippen MR) is 73.9 cm³/mol. The molecule has 5 heteroatoms. The summed E-state index contributed by atoms with van der Waals surface area (Å²) in [5.41, 5.74) is 5.66. The first-order valence-corrected chi connectivity index (χ1v) is 6.81. The van der Waals surface area contributed by atoms with Gasteiger partial charge in [-0.05, 0) is 13.0 Å². The molecule has 1 rings (SSSR count). The van der Waals surface area contributed by atoms with Crippen LogP contribution < -0.4 is 5.73 Å². The number of nitrogens with two attached hydrogens (primary N) is 1. The quantitative estimate of drug-likeness (QED) is 0.742. The fourth-order valence-corrected chi connectivity index (χ4v) is 2.40. The van der Waals surface area contributed by atoms with E-state index in [1.54, 1.807) is 0 Å². The summed E-state index contributed by atoms with van der Waals surface area (Å²) < 4.78 is 0. The van der Waals surface area contributed by atoms with Gasteiger partial charge in [0.2, 0.25) is 5.91 Å². The van der Waals surface area contributed by atoms with E-state index in [0.717, 1.165) is 45.6 Å². The van der Waals surface area contributed by atoms with Crippen LogP contribution in [0.3, 0.4) is 0 Å². The Balaban J connectivity index is 2.54. The number of hydrogen-bond acceptors (Lipinski definition) is 3. The van der Waals surface area contributed by atoms with Crippen LogP contribution >= 0.6 is 12.2 Å². The van der Waals surface area contributed by atoms with Crippen molar-refractivity contribution in [3.05, 3.63) is 0 Å². The van der Waals surface area contributed by atoms with Crippen molar-refractivity contribution >= 4 is 23.1 Å². The molecule has 17 heavy (non-hydrogen) atoms. The molecule has 1 atom stereocenters. The molecule has 0 aromatic carbocycles. The minimum Gasteiger partial charge on any atom is -0.393 e. The minimum absolute atomic E-state index is 0.120. The van der Waals surface area contributed by atoms with Crippen molar-refractivity contribution in [2.45, 2.75) is 26.7 Å². The van der Waals surface area contributed by atoms with Crippen LogP contribution in [0.15, 0.2) is 0 Å². The number of piperazine rings is 1. The maximum absolute atomic E-state index is 12.3. The Kier molecular flexibility index (Phi) is 5.85. The standard InChI is InChI=1S/C12H23N3OS/c1-3-5-10(11(13)17)12(16)15-8-6-14(4-2)7-9-15/h10H,3-9H2,1-2H3,(H2,13,17). The van der Waals surface area contributed by atoms with Crippen molar-refractivity contribution in [2.75, 3.05) is 32.7 Å². The molecule has 2 N–H and O–H groups in total. The summed E-state index contributed by atoms with van der Waals surface area (Å²) in [5.74, 6) is -0.140. The van der Waals surface area contributed by atoms with Crippen molar-refractivity contribution in [2.24, 2.45) is 11.7 Å². The molecule has 98 valence electrons. The van der Waals surface area contributed by atoms with Gasteiger partial charge in [-0.3, -0.25) is 4.79 Å². The highest BCUT2D eigenvalue weighted by Crippen LogP contribution is 2.13. The predicted octanol–water partition coefficient (Wildman–Crippen LogP) is 0.853. The second kappa shape index (κ2) is 6.91. The lowest BCUT2D eigenvalue weighted by Gasteiger charge is -2.35. The lowest BCUT2D eigenvalue weighted by Crippen LogP contribution is -2.51. The summed E-state index contributed by atoms with van der Waals surface area (Å²) in [6.45, 7) is 8.76. The molecule has 1 aliphatic rings. The Morgan fingerprint density at radius 3 is 2.29 bits per heavy atom. The number of likely N-dealkylation sites (N-methyl/N-ethyl adjacent to an activating group) is 1. The topological polar surface area (TPSA) is 49.6 Å². The molecule has 0 bridgehead atoms. The Morgan fingerprint density at radius 1 is 1.29 bits per heavy atom.